The number of benzene rings is 6. The highest BCUT2D eigenvalue weighted by Gasteiger charge is 2.51. The molecule has 2 saturated heterocycles. The number of hydrogen-bond acceptors (Lipinski definition) is 19. The molecule has 2 aromatic heterocycles. The van der Waals surface area contributed by atoms with Gasteiger partial charge in [0.2, 0.25) is 0 Å². The largest absolute Gasteiger partial charge is 0.512 e. The summed E-state index contributed by atoms with van der Waals surface area (Å²) in [5.41, 5.74) is 6.53. The molecule has 23 heteroatoms. The fourth-order valence-corrected chi connectivity index (χ4v) is 10.6. The van der Waals surface area contributed by atoms with E-state index in [0.29, 0.717) is 36.3 Å². The Morgan fingerprint density at radius 2 is 1.35 bits per heavy atom. The minimum Gasteiger partial charge on any atom is -0.465 e. The number of tetrazole rings is 1. The van der Waals surface area contributed by atoms with E-state index in [0.717, 1.165) is 38.9 Å². The van der Waals surface area contributed by atoms with Crippen molar-refractivity contribution in [2.75, 3.05) is 33.0 Å². The Hall–Kier alpha value is -9.32. The van der Waals surface area contributed by atoms with Gasteiger partial charge in [-0.25, -0.2) is 14.3 Å². The monoisotopic (exact) mass is 1120 g/mol. The molecule has 2 aliphatic heterocycles. The number of para-hydroxylation sites is 1. The van der Waals surface area contributed by atoms with E-state index >= 15 is 0 Å². The Balaban J connectivity index is 0.818. The molecule has 82 heavy (non-hydrogen) atoms. The molecule has 10 rings (SSSR count). The molecule has 0 aliphatic carbocycles. The van der Waals surface area contributed by atoms with Gasteiger partial charge < -0.3 is 42.8 Å². The van der Waals surface area contributed by atoms with Crippen molar-refractivity contribution in [3.8, 4) is 28.5 Å². The van der Waals surface area contributed by atoms with Gasteiger partial charge in [0.15, 0.2) is 11.9 Å². The summed E-state index contributed by atoms with van der Waals surface area (Å²) in [6.07, 6.45) is -3.94. The third-order valence-corrected chi connectivity index (χ3v) is 14.1. The van der Waals surface area contributed by atoms with Gasteiger partial charge in [0.05, 0.1) is 43.0 Å². The zero-order chi connectivity index (χ0) is 57.2. The lowest BCUT2D eigenvalue weighted by molar-refractivity contribution is -0.790. The Labute approximate surface area is 469 Å². The van der Waals surface area contributed by atoms with Gasteiger partial charge in [0, 0.05) is 26.0 Å². The van der Waals surface area contributed by atoms with Crippen molar-refractivity contribution in [3.05, 3.63) is 206 Å². The van der Waals surface area contributed by atoms with Gasteiger partial charge in [0.1, 0.15) is 36.6 Å². The molecule has 0 radical (unpaired) electrons. The van der Waals surface area contributed by atoms with E-state index in [9.17, 15) is 29.8 Å². The summed E-state index contributed by atoms with van der Waals surface area (Å²) in [5.74, 6) is -2.05. The number of hydrogen-bond donors (Lipinski definition) is 0. The van der Waals surface area contributed by atoms with Gasteiger partial charge >= 0.3 is 12.1 Å². The number of ether oxygens (including phenoxy) is 7. The molecule has 0 amide bonds. The first-order valence-electron chi connectivity index (χ1n) is 26.7. The third-order valence-electron chi connectivity index (χ3n) is 14.1. The van der Waals surface area contributed by atoms with Crippen LogP contribution in [0, 0.1) is 20.2 Å². The number of unbranched alkanes of at least 4 members (excludes halogenated alkanes) is 1. The van der Waals surface area contributed by atoms with Crippen LogP contribution in [0.2, 0.25) is 0 Å². The summed E-state index contributed by atoms with van der Waals surface area (Å²) >= 11 is 0. The van der Waals surface area contributed by atoms with E-state index in [-0.39, 0.29) is 44.4 Å². The predicted octanol–water partition coefficient (Wildman–Crippen LogP) is 9.20. The molecule has 23 nitrogen and oxygen atoms in total. The minimum atomic E-state index is -1.81. The molecule has 5 atom stereocenters. The molecule has 8 aromatic rings. The number of carbonyl (C=O) groups is 2. The van der Waals surface area contributed by atoms with Crippen LogP contribution in [0.3, 0.4) is 0 Å². The number of esters is 1. The number of rotatable bonds is 25. The van der Waals surface area contributed by atoms with Crippen LogP contribution in [0.5, 0.6) is 6.01 Å². The maximum atomic E-state index is 14.2. The summed E-state index contributed by atoms with van der Waals surface area (Å²) < 4.78 is 44.6. The lowest BCUT2D eigenvalue weighted by Gasteiger charge is -2.36. The van der Waals surface area contributed by atoms with Crippen molar-refractivity contribution in [3.63, 3.8) is 0 Å². The molecule has 2 aliphatic rings. The van der Waals surface area contributed by atoms with Gasteiger partial charge in [-0.05, 0) is 82.1 Å². The third kappa shape index (κ3) is 12.2. The number of imidazole rings is 1. The van der Waals surface area contributed by atoms with Gasteiger partial charge in [0.25, 0.3) is 22.0 Å². The van der Waals surface area contributed by atoms with E-state index in [2.05, 4.69) is 51.3 Å². The predicted molar refractivity (Wildman–Crippen MR) is 292 cm³/mol. The zero-order valence-corrected chi connectivity index (χ0v) is 45.0. The normalized spacial score (nSPS) is 17.2. The quantitative estimate of drug-likeness (QED) is 0.0129. The van der Waals surface area contributed by atoms with Gasteiger partial charge in [-0.1, -0.05) is 146 Å². The molecule has 0 saturated carbocycles. The fraction of sp³-hybridized carbons (Fsp3) is 0.322. The number of aromatic nitrogens is 6. The van der Waals surface area contributed by atoms with Crippen molar-refractivity contribution in [2.24, 2.45) is 0 Å². The van der Waals surface area contributed by atoms with Crippen LogP contribution in [0.15, 0.2) is 158 Å². The maximum Gasteiger partial charge on any atom is 0.512 e. The number of nitrogens with zero attached hydrogens (tertiary/aromatic N) is 8. The first-order chi connectivity index (χ1) is 39.8. The number of carbonyl (C=O) groups excluding carboxylic acids is 2. The highest BCUT2D eigenvalue weighted by Crippen LogP contribution is 2.44. The van der Waals surface area contributed by atoms with Crippen LogP contribution in [-0.4, -0.2) is 121 Å². The Morgan fingerprint density at radius 1 is 0.732 bits per heavy atom. The standard InChI is InChI=1S/C59H58N8O15/c1-4-74-56-60-48-29-18-28-47(55(68)80-58(2,3)81-57(69)79-50-38-77-52-49(37-76-53(50)52)75-34-17-16-25-44(82-67(72)73)36-78-66(70)71)51(48)64(56)35-39-30-32-40(33-31-39)45-26-14-15-27-46(45)54-61-62-63-65(54)59(41-19-8-5-9-20-41,42-21-10-6-11-22-42)43-23-12-7-13-24-43/h5-15,18-24,26-33,44,49-50,52-53H,4,16-17,25,34-38H2,1-3H3/t44?,49-,50-,52-,53-/m1/s1. The second-order valence-corrected chi connectivity index (χ2v) is 19.8. The van der Waals surface area contributed by atoms with Crippen LogP contribution < -0.4 is 4.74 Å². The average molecular weight is 1120 g/mol. The first-order valence-corrected chi connectivity index (χ1v) is 26.7. The summed E-state index contributed by atoms with van der Waals surface area (Å²) in [4.78, 5) is 62.3. The molecule has 424 valence electrons. The maximum absolute atomic E-state index is 14.2. The average Bonchev–Trinajstić information content (AvgIpc) is 4.29. The van der Waals surface area contributed by atoms with E-state index in [1.54, 1.807) is 18.2 Å². The van der Waals surface area contributed by atoms with Crippen LogP contribution in [0.1, 0.15) is 72.6 Å². The molecule has 4 heterocycles. The van der Waals surface area contributed by atoms with Crippen LogP contribution >= 0.6 is 0 Å². The van der Waals surface area contributed by atoms with E-state index < -0.39 is 70.8 Å². The Bertz CT molecular complexity index is 3400. The zero-order valence-electron chi connectivity index (χ0n) is 45.0. The topological polar surface area (TPSA) is 265 Å². The second kappa shape index (κ2) is 25.0. The Morgan fingerprint density at radius 3 is 1.99 bits per heavy atom. The number of fused-ring (bicyclic) bond motifs is 2. The van der Waals surface area contributed by atoms with Gasteiger partial charge in [-0.15, -0.1) is 25.3 Å². The van der Waals surface area contributed by atoms with E-state index in [1.165, 1.54) is 13.8 Å². The van der Waals surface area contributed by atoms with Crippen LogP contribution in [0.25, 0.3) is 33.5 Å². The van der Waals surface area contributed by atoms with Crippen LogP contribution in [-0.2, 0) is 50.2 Å². The van der Waals surface area contributed by atoms with Crippen molar-refractivity contribution in [1.29, 1.82) is 0 Å². The highest BCUT2D eigenvalue weighted by atomic mass is 17.0. The van der Waals surface area contributed by atoms with Gasteiger partial charge in [-0.2, -0.15) is 4.98 Å². The summed E-state index contributed by atoms with van der Waals surface area (Å²) in [7, 11) is 0. The van der Waals surface area contributed by atoms with E-state index in [4.69, 9.17) is 48.5 Å². The summed E-state index contributed by atoms with van der Waals surface area (Å²) in [6, 6.07) is 52.1. The summed E-state index contributed by atoms with van der Waals surface area (Å²) in [5, 5.41) is 33.1. The summed E-state index contributed by atoms with van der Waals surface area (Å²) in [6.45, 7) is 4.96. The van der Waals surface area contributed by atoms with E-state index in [1.807, 2.05) is 119 Å². The molecular formula is C59H58N8O15. The van der Waals surface area contributed by atoms with Crippen molar-refractivity contribution in [2.45, 2.75) is 88.4 Å². The fourth-order valence-electron chi connectivity index (χ4n) is 10.6. The van der Waals surface area contributed by atoms with Crippen molar-refractivity contribution >= 4 is 23.2 Å². The van der Waals surface area contributed by atoms with Crippen molar-refractivity contribution < 1.29 is 62.6 Å². The lowest BCUT2D eigenvalue weighted by atomic mass is 9.77. The van der Waals surface area contributed by atoms with Crippen molar-refractivity contribution in [1.82, 2.24) is 29.8 Å². The SMILES string of the molecule is CCOc1nc2cccc(C(=O)OC(C)(C)OC(=O)O[C@@H]3CO[C@H]4[C@@H]3OC[C@H]4OCCCCC(CO[N+](=O)[O-])O[N+](=O)[O-])c2n1Cc1ccc(-c2ccccc2-c2nnnn2C(c2ccccc2)(c2ccccc2)c2ccccc2)cc1. The smallest absolute Gasteiger partial charge is 0.465 e. The first kappa shape index (κ1) is 56.0. The Kier molecular flexibility index (Phi) is 17.1. The second-order valence-electron chi connectivity index (χ2n) is 19.8. The van der Waals surface area contributed by atoms with Gasteiger partial charge in [-0.3, -0.25) is 4.57 Å². The molecule has 2 fully saturated rings. The molecule has 1 unspecified atom stereocenters. The molecular weight excluding hydrogens is 1060 g/mol. The lowest BCUT2D eigenvalue weighted by Crippen LogP contribution is -2.39. The van der Waals surface area contributed by atoms with Crippen LogP contribution in [0.4, 0.5) is 4.79 Å². The molecule has 0 bridgehead atoms. The minimum absolute atomic E-state index is 0.0210. The molecule has 0 N–H and O–H groups in total. The highest BCUT2D eigenvalue weighted by molar-refractivity contribution is 6.02. The molecule has 0 spiro atoms. The molecule has 6 aromatic carbocycles.